The number of aliphatic carboxylic acids is 1. The summed E-state index contributed by atoms with van der Waals surface area (Å²) in [6, 6.07) is 3.82. The molecule has 148 valence electrons. The van der Waals surface area contributed by atoms with Gasteiger partial charge < -0.3 is 9.84 Å². The van der Waals surface area contributed by atoms with Gasteiger partial charge in [-0.1, -0.05) is 6.07 Å². The molecule has 0 aliphatic heterocycles. The fourth-order valence-corrected chi connectivity index (χ4v) is 4.65. The van der Waals surface area contributed by atoms with Gasteiger partial charge in [-0.05, 0) is 45.4 Å². The summed E-state index contributed by atoms with van der Waals surface area (Å²) < 4.78 is 35.6. The summed E-state index contributed by atoms with van der Waals surface area (Å²) in [7, 11) is -2.58. The van der Waals surface area contributed by atoms with E-state index in [0.29, 0.717) is 12.1 Å². The number of aromatic nitrogens is 2. The number of methoxy groups -OCH3 is 1. The van der Waals surface area contributed by atoms with Crippen LogP contribution in [0.3, 0.4) is 0 Å². The van der Waals surface area contributed by atoms with Crippen LogP contribution in [0.1, 0.15) is 42.4 Å². The molecule has 1 aromatic heterocycles. The summed E-state index contributed by atoms with van der Waals surface area (Å²) in [6.45, 7) is 8.15. The van der Waals surface area contributed by atoms with E-state index in [1.807, 2.05) is 25.5 Å². The third-order valence-corrected chi connectivity index (χ3v) is 5.94. The molecule has 1 heterocycles. The largest absolute Gasteiger partial charge is 0.495 e. The topological polar surface area (TPSA) is 111 Å². The van der Waals surface area contributed by atoms with Crippen molar-refractivity contribution in [1.29, 1.82) is 0 Å². The first-order chi connectivity index (χ1) is 12.6. The first-order valence-corrected chi connectivity index (χ1v) is 10.0. The molecule has 1 atom stereocenters. The summed E-state index contributed by atoms with van der Waals surface area (Å²) in [5, 5.41) is 13.4. The van der Waals surface area contributed by atoms with Crippen LogP contribution in [0.4, 0.5) is 0 Å². The van der Waals surface area contributed by atoms with Crippen LogP contribution in [-0.4, -0.2) is 36.4 Å². The zero-order valence-corrected chi connectivity index (χ0v) is 16.9. The second-order valence-corrected chi connectivity index (χ2v) is 7.98. The van der Waals surface area contributed by atoms with Crippen molar-refractivity contribution in [2.24, 2.45) is 0 Å². The van der Waals surface area contributed by atoms with Crippen molar-refractivity contribution in [1.82, 2.24) is 14.5 Å². The molecule has 0 saturated heterocycles. The van der Waals surface area contributed by atoms with Gasteiger partial charge in [-0.25, -0.2) is 13.1 Å². The van der Waals surface area contributed by atoms with E-state index in [-0.39, 0.29) is 17.1 Å². The molecule has 0 aliphatic rings. The highest BCUT2D eigenvalue weighted by Gasteiger charge is 2.26. The normalized spacial score (nSPS) is 12.8. The number of aryl methyl sites for hydroxylation is 2. The summed E-state index contributed by atoms with van der Waals surface area (Å²) in [5.41, 5.74) is 2.86. The second-order valence-electron chi connectivity index (χ2n) is 6.30. The minimum absolute atomic E-state index is 0.0891. The average Bonchev–Trinajstić information content (AvgIpc) is 2.87. The molecule has 0 bridgehead atoms. The van der Waals surface area contributed by atoms with Gasteiger partial charge in [0.2, 0.25) is 10.0 Å². The average molecular weight is 395 g/mol. The van der Waals surface area contributed by atoms with E-state index >= 15 is 0 Å². The molecule has 0 amide bonds. The molecule has 9 heteroatoms. The minimum atomic E-state index is -3.94. The lowest BCUT2D eigenvalue weighted by atomic mass is 10.1. The highest BCUT2D eigenvalue weighted by atomic mass is 32.2. The number of hydrogen-bond acceptors (Lipinski definition) is 5. The Bertz CT molecular complexity index is 950. The van der Waals surface area contributed by atoms with E-state index in [0.717, 1.165) is 17.0 Å². The van der Waals surface area contributed by atoms with E-state index in [1.54, 1.807) is 6.92 Å². The van der Waals surface area contributed by atoms with Crippen LogP contribution >= 0.6 is 0 Å². The Morgan fingerprint density at radius 1 is 1.37 bits per heavy atom. The first kappa shape index (κ1) is 20.9. The molecule has 27 heavy (non-hydrogen) atoms. The molecule has 8 nitrogen and oxygen atoms in total. The Balaban J connectivity index is 2.41. The molecule has 0 saturated carbocycles. The Labute approximate surface area is 159 Å². The van der Waals surface area contributed by atoms with Gasteiger partial charge in [0.05, 0.1) is 19.2 Å². The molecule has 1 unspecified atom stereocenters. The third kappa shape index (κ3) is 4.48. The van der Waals surface area contributed by atoms with Crippen LogP contribution in [0, 0.1) is 13.8 Å². The molecular weight excluding hydrogens is 370 g/mol. The smallest absolute Gasteiger partial charge is 0.307 e. The highest BCUT2D eigenvalue weighted by molar-refractivity contribution is 7.89. The SMILES string of the molecule is CCn1nc(C)c(C(C)NS(=O)(=O)c2cc(CC(=O)O)ccc2OC)c1C. The predicted molar refractivity (Wildman–Crippen MR) is 100 cm³/mol. The fourth-order valence-electron chi connectivity index (χ4n) is 3.22. The molecule has 1 aromatic carbocycles. The quantitative estimate of drug-likeness (QED) is 0.709. The second kappa shape index (κ2) is 8.10. The summed E-state index contributed by atoms with van der Waals surface area (Å²) in [5.74, 6) is -0.885. The van der Waals surface area contributed by atoms with Crippen LogP contribution in [-0.2, 0) is 27.8 Å². The molecule has 0 fully saturated rings. The van der Waals surface area contributed by atoms with Gasteiger partial charge in [0, 0.05) is 23.8 Å². The number of carbonyl (C=O) groups is 1. The van der Waals surface area contributed by atoms with Gasteiger partial charge in [0.15, 0.2) is 0 Å². The molecule has 0 radical (unpaired) electrons. The Morgan fingerprint density at radius 3 is 2.56 bits per heavy atom. The monoisotopic (exact) mass is 395 g/mol. The van der Waals surface area contributed by atoms with Gasteiger partial charge in [0.25, 0.3) is 0 Å². The molecule has 0 spiro atoms. The van der Waals surface area contributed by atoms with Crippen molar-refractivity contribution < 1.29 is 23.1 Å². The van der Waals surface area contributed by atoms with Crippen LogP contribution < -0.4 is 9.46 Å². The Hall–Kier alpha value is -2.39. The standard InChI is InChI=1S/C18H25N3O5S/c1-6-21-13(4)18(11(2)19-21)12(3)20-27(24,25)16-9-14(10-17(22)23)7-8-15(16)26-5/h7-9,12,20H,6,10H2,1-5H3,(H,22,23). The van der Waals surface area contributed by atoms with E-state index in [1.165, 1.54) is 25.3 Å². The summed E-state index contributed by atoms with van der Waals surface area (Å²) in [4.78, 5) is 10.9. The van der Waals surface area contributed by atoms with Crippen LogP contribution in [0.5, 0.6) is 5.75 Å². The number of nitrogens with zero attached hydrogens (tertiary/aromatic N) is 2. The predicted octanol–water partition coefficient (Wildman–Crippen LogP) is 2.20. The lowest BCUT2D eigenvalue weighted by Gasteiger charge is -2.17. The van der Waals surface area contributed by atoms with Gasteiger partial charge >= 0.3 is 5.97 Å². The number of carboxylic acids is 1. The van der Waals surface area contributed by atoms with Crippen LogP contribution in [0.2, 0.25) is 0 Å². The number of rotatable bonds is 8. The number of sulfonamides is 1. The van der Waals surface area contributed by atoms with Crippen molar-refractivity contribution >= 4 is 16.0 Å². The van der Waals surface area contributed by atoms with E-state index < -0.39 is 22.0 Å². The van der Waals surface area contributed by atoms with Crippen molar-refractivity contribution in [3.8, 4) is 5.75 Å². The third-order valence-electron chi connectivity index (χ3n) is 4.37. The van der Waals surface area contributed by atoms with Gasteiger partial charge in [0.1, 0.15) is 10.6 Å². The number of carboxylic acid groups (broad SMARTS) is 1. The van der Waals surface area contributed by atoms with Gasteiger partial charge in [-0.3, -0.25) is 9.48 Å². The first-order valence-electron chi connectivity index (χ1n) is 8.55. The van der Waals surface area contributed by atoms with Crippen molar-refractivity contribution in [2.75, 3.05) is 7.11 Å². The van der Waals surface area contributed by atoms with Gasteiger partial charge in [-0.15, -0.1) is 0 Å². The maximum absolute atomic E-state index is 13.0. The van der Waals surface area contributed by atoms with Crippen molar-refractivity contribution in [2.45, 2.75) is 51.6 Å². The van der Waals surface area contributed by atoms with Crippen LogP contribution in [0.25, 0.3) is 0 Å². The van der Waals surface area contributed by atoms with E-state index in [9.17, 15) is 13.2 Å². The number of nitrogens with one attached hydrogen (secondary N) is 1. The Kier molecular flexibility index (Phi) is 6.27. The van der Waals surface area contributed by atoms with E-state index in [2.05, 4.69) is 9.82 Å². The molecular formula is C18H25N3O5S. The van der Waals surface area contributed by atoms with Crippen LogP contribution in [0.15, 0.2) is 23.1 Å². The lowest BCUT2D eigenvalue weighted by molar-refractivity contribution is -0.136. The maximum Gasteiger partial charge on any atom is 0.307 e. The number of benzene rings is 1. The molecule has 2 N–H and O–H groups in total. The summed E-state index contributed by atoms with van der Waals surface area (Å²) >= 11 is 0. The highest BCUT2D eigenvalue weighted by Crippen LogP contribution is 2.28. The summed E-state index contributed by atoms with van der Waals surface area (Å²) in [6.07, 6.45) is -0.274. The number of ether oxygens (including phenoxy) is 1. The van der Waals surface area contributed by atoms with Crippen molar-refractivity contribution in [3.63, 3.8) is 0 Å². The zero-order valence-electron chi connectivity index (χ0n) is 16.1. The minimum Gasteiger partial charge on any atom is -0.495 e. The maximum atomic E-state index is 13.0. The number of hydrogen-bond donors (Lipinski definition) is 2. The Morgan fingerprint density at radius 2 is 2.04 bits per heavy atom. The van der Waals surface area contributed by atoms with E-state index in [4.69, 9.17) is 9.84 Å². The fraction of sp³-hybridized carbons (Fsp3) is 0.444. The lowest BCUT2D eigenvalue weighted by Crippen LogP contribution is -2.28. The molecule has 0 aliphatic carbocycles. The van der Waals surface area contributed by atoms with Gasteiger partial charge in [-0.2, -0.15) is 5.10 Å². The van der Waals surface area contributed by atoms with Crippen molar-refractivity contribution in [3.05, 3.63) is 40.7 Å². The zero-order chi connectivity index (χ0) is 20.4. The molecule has 2 aromatic rings. The molecule has 2 rings (SSSR count).